The third-order valence-electron chi connectivity index (χ3n) is 3.49. The zero-order valence-corrected chi connectivity index (χ0v) is 8.62. The summed E-state index contributed by atoms with van der Waals surface area (Å²) in [6.07, 6.45) is 1.21. The van der Waals surface area contributed by atoms with E-state index in [0.717, 1.165) is 19.2 Å². The van der Waals surface area contributed by atoms with E-state index < -0.39 is 11.6 Å². The first kappa shape index (κ1) is 9.96. The predicted octanol–water partition coefficient (Wildman–Crippen LogP) is 1.20. The summed E-state index contributed by atoms with van der Waals surface area (Å²) in [4.78, 5) is 3.68. The minimum Gasteiger partial charge on any atom is -0.475 e. The second-order valence-corrected chi connectivity index (χ2v) is 4.37. The smallest absolute Gasteiger partial charge is 0.253 e. The highest BCUT2D eigenvalue weighted by Gasteiger charge is 2.53. The Hall–Kier alpha value is -1.23. The molecular weight excluding hydrogens is 214 g/mol. The van der Waals surface area contributed by atoms with E-state index in [-0.39, 0.29) is 5.88 Å². The van der Waals surface area contributed by atoms with Crippen molar-refractivity contribution in [1.29, 1.82) is 0 Å². The summed E-state index contributed by atoms with van der Waals surface area (Å²) >= 11 is 0. The van der Waals surface area contributed by atoms with Gasteiger partial charge in [-0.15, -0.1) is 0 Å². The monoisotopic (exact) mass is 226 g/mol. The fourth-order valence-electron chi connectivity index (χ4n) is 2.47. The summed E-state index contributed by atoms with van der Waals surface area (Å²) in [6, 6.07) is 0.984. The molecule has 1 aliphatic carbocycles. The maximum Gasteiger partial charge on any atom is 0.253 e. The molecule has 0 spiro atoms. The molecule has 3 rings (SSSR count). The number of hydrogen-bond acceptors (Lipinski definition) is 3. The molecule has 1 unspecified atom stereocenters. The number of fused-ring (bicyclic) bond motifs is 1. The molecule has 1 aromatic rings. The van der Waals surface area contributed by atoms with Crippen LogP contribution in [0.2, 0.25) is 0 Å². The number of nitrogens with zero attached hydrogens (tertiary/aromatic N) is 1. The Bertz CT molecular complexity index is 403. The van der Waals surface area contributed by atoms with Gasteiger partial charge in [-0.3, -0.25) is 0 Å². The van der Waals surface area contributed by atoms with Crippen LogP contribution >= 0.6 is 0 Å². The molecule has 1 aliphatic heterocycles. The predicted molar refractivity (Wildman–Crippen MR) is 53.0 cm³/mol. The van der Waals surface area contributed by atoms with E-state index in [0.29, 0.717) is 24.4 Å². The second-order valence-electron chi connectivity index (χ2n) is 4.37. The van der Waals surface area contributed by atoms with E-state index in [1.54, 1.807) is 0 Å². The fourth-order valence-corrected chi connectivity index (χ4v) is 2.47. The Morgan fingerprint density at radius 3 is 2.88 bits per heavy atom. The molecule has 0 amide bonds. The minimum atomic E-state index is -0.994. The van der Waals surface area contributed by atoms with E-state index in [4.69, 9.17) is 4.74 Å². The van der Waals surface area contributed by atoms with Gasteiger partial charge in [0.25, 0.3) is 5.88 Å². The molecule has 1 saturated carbocycles. The van der Waals surface area contributed by atoms with Crippen LogP contribution < -0.4 is 10.1 Å². The quantitative estimate of drug-likeness (QED) is 0.841. The number of hydrogen-bond donors (Lipinski definition) is 1. The highest BCUT2D eigenvalue weighted by atomic mass is 19.2. The van der Waals surface area contributed by atoms with Crippen molar-refractivity contribution in [3.8, 4) is 5.88 Å². The average molecular weight is 226 g/mol. The number of piperidine rings is 1. The van der Waals surface area contributed by atoms with Crippen LogP contribution in [0.1, 0.15) is 0 Å². The summed E-state index contributed by atoms with van der Waals surface area (Å²) in [7, 11) is 0. The topological polar surface area (TPSA) is 34.1 Å². The van der Waals surface area contributed by atoms with E-state index in [2.05, 4.69) is 10.3 Å². The van der Waals surface area contributed by atoms with Gasteiger partial charge >= 0.3 is 0 Å². The second kappa shape index (κ2) is 3.66. The van der Waals surface area contributed by atoms with Crippen molar-refractivity contribution in [2.24, 2.45) is 17.8 Å². The number of nitrogens with one attached hydrogen (secondary N) is 1. The normalized spacial score (nSPS) is 31.2. The first-order valence-corrected chi connectivity index (χ1v) is 5.41. The zero-order valence-electron chi connectivity index (χ0n) is 8.62. The van der Waals surface area contributed by atoms with Gasteiger partial charge in [0.1, 0.15) is 0 Å². The summed E-state index contributed by atoms with van der Waals surface area (Å²) in [6.45, 7) is 2.46. The van der Waals surface area contributed by atoms with Crippen LogP contribution in [-0.2, 0) is 0 Å². The molecule has 3 nitrogen and oxygen atoms in total. The molecule has 1 N–H and O–H groups in total. The largest absolute Gasteiger partial charge is 0.475 e. The molecule has 1 saturated heterocycles. The Balaban J connectivity index is 1.61. The van der Waals surface area contributed by atoms with E-state index >= 15 is 0 Å². The lowest BCUT2D eigenvalue weighted by molar-refractivity contribution is 0.253. The molecule has 86 valence electrons. The number of halogens is 2. The van der Waals surface area contributed by atoms with Gasteiger partial charge in [0.05, 0.1) is 6.61 Å². The standard InChI is InChI=1S/C11H12F2N2O/c12-9-1-2-15-11(10(9)13)16-5-8-6-3-14-4-7(6)8/h1-2,6-8,14H,3-5H2/t6-,7+,8?. The SMILES string of the molecule is Fc1ccnc(OCC2[C@H]3CNC[C@@H]23)c1F. The lowest BCUT2D eigenvalue weighted by Crippen LogP contribution is -2.18. The summed E-state index contributed by atoms with van der Waals surface area (Å²) in [5, 5.41) is 3.27. The molecule has 1 aromatic heterocycles. The van der Waals surface area contributed by atoms with Crippen molar-refractivity contribution >= 4 is 0 Å². The Labute approximate surface area is 91.8 Å². The average Bonchev–Trinajstić information content (AvgIpc) is 2.73. The van der Waals surface area contributed by atoms with Gasteiger partial charge in [-0.25, -0.2) is 9.37 Å². The molecule has 2 aliphatic rings. The molecular formula is C11H12F2N2O. The Morgan fingerprint density at radius 2 is 2.12 bits per heavy atom. The van der Waals surface area contributed by atoms with Crippen molar-refractivity contribution in [3.05, 3.63) is 23.9 Å². The fraction of sp³-hybridized carbons (Fsp3) is 0.545. The number of pyridine rings is 1. The van der Waals surface area contributed by atoms with Crippen LogP contribution in [0.25, 0.3) is 0 Å². The van der Waals surface area contributed by atoms with Crippen LogP contribution in [-0.4, -0.2) is 24.7 Å². The molecule has 0 radical (unpaired) electrons. The van der Waals surface area contributed by atoms with Crippen molar-refractivity contribution in [3.63, 3.8) is 0 Å². The van der Waals surface area contributed by atoms with Crippen molar-refractivity contribution in [2.45, 2.75) is 0 Å². The molecule has 5 heteroatoms. The van der Waals surface area contributed by atoms with E-state index in [1.807, 2.05) is 0 Å². The van der Waals surface area contributed by atoms with Gasteiger partial charge in [-0.2, -0.15) is 4.39 Å². The molecule has 16 heavy (non-hydrogen) atoms. The maximum atomic E-state index is 13.2. The van der Waals surface area contributed by atoms with Crippen LogP contribution in [0.15, 0.2) is 12.3 Å². The maximum absolute atomic E-state index is 13.2. The molecule has 2 heterocycles. The summed E-state index contributed by atoms with van der Waals surface area (Å²) < 4.78 is 31.3. The van der Waals surface area contributed by atoms with E-state index in [1.165, 1.54) is 6.20 Å². The van der Waals surface area contributed by atoms with Gasteiger partial charge in [0.2, 0.25) is 5.82 Å². The van der Waals surface area contributed by atoms with Gasteiger partial charge < -0.3 is 10.1 Å². The zero-order chi connectivity index (χ0) is 11.1. The molecule has 0 bridgehead atoms. The third-order valence-corrected chi connectivity index (χ3v) is 3.49. The van der Waals surface area contributed by atoms with E-state index in [9.17, 15) is 8.78 Å². The lowest BCUT2D eigenvalue weighted by Gasteiger charge is -2.07. The highest BCUT2D eigenvalue weighted by Crippen LogP contribution is 2.48. The number of ether oxygens (including phenoxy) is 1. The minimum absolute atomic E-state index is 0.224. The van der Waals surface area contributed by atoms with Crippen LogP contribution in [0.5, 0.6) is 5.88 Å². The number of rotatable bonds is 3. The number of aromatic nitrogens is 1. The van der Waals surface area contributed by atoms with Crippen molar-refractivity contribution in [2.75, 3.05) is 19.7 Å². The Kier molecular flexibility index (Phi) is 2.28. The highest BCUT2D eigenvalue weighted by molar-refractivity contribution is 5.15. The molecule has 3 atom stereocenters. The van der Waals surface area contributed by atoms with Crippen molar-refractivity contribution in [1.82, 2.24) is 10.3 Å². The van der Waals surface area contributed by atoms with Crippen LogP contribution in [0.4, 0.5) is 8.78 Å². The first-order valence-electron chi connectivity index (χ1n) is 5.41. The Morgan fingerprint density at radius 1 is 1.38 bits per heavy atom. The van der Waals surface area contributed by atoms with Gasteiger partial charge in [-0.05, 0) is 31.0 Å². The van der Waals surface area contributed by atoms with Crippen LogP contribution in [0, 0.1) is 29.4 Å². The first-order chi connectivity index (χ1) is 7.77. The van der Waals surface area contributed by atoms with Gasteiger partial charge in [0.15, 0.2) is 5.82 Å². The molecule has 2 fully saturated rings. The van der Waals surface area contributed by atoms with Gasteiger partial charge in [0, 0.05) is 12.1 Å². The van der Waals surface area contributed by atoms with Gasteiger partial charge in [-0.1, -0.05) is 0 Å². The summed E-state index contributed by atoms with van der Waals surface area (Å²) in [5.74, 6) is -0.356. The van der Waals surface area contributed by atoms with Crippen LogP contribution in [0.3, 0.4) is 0 Å². The summed E-state index contributed by atoms with van der Waals surface area (Å²) in [5.41, 5.74) is 0. The molecule has 0 aromatic carbocycles. The lowest BCUT2D eigenvalue weighted by atomic mass is 10.3. The van der Waals surface area contributed by atoms with Crippen molar-refractivity contribution < 1.29 is 13.5 Å². The third kappa shape index (κ3) is 1.55.